The van der Waals surface area contributed by atoms with Gasteiger partial charge < -0.3 is 33.8 Å². The fourth-order valence-corrected chi connectivity index (χ4v) is 13.7. The molecule has 17 nitrogen and oxygen atoms in total. The van der Waals surface area contributed by atoms with E-state index in [1.54, 1.807) is 0 Å². The van der Waals surface area contributed by atoms with Gasteiger partial charge in [-0.15, -0.1) is 0 Å². The van der Waals surface area contributed by atoms with E-state index in [0.717, 1.165) is 89.9 Å². The van der Waals surface area contributed by atoms with Gasteiger partial charge in [0.15, 0.2) is 12.2 Å². The van der Waals surface area contributed by atoms with Crippen molar-refractivity contribution < 1.29 is 80.2 Å². The first kappa shape index (κ1) is 95.1. The SMILES string of the molecule is CCCCCCCCCCCCCCCCCCC(=O)O[C@H](COC(=O)CCCCCCCCCCCCCCCC)COP(=O)(O)OC[C@@H](O)COP(=O)(O)OC[C@@H](COC(=O)CCCCCCCCCCCCCCC)OC(=O)CCCCCCCCCCCCCCCC. The molecule has 97 heavy (non-hydrogen) atoms. The van der Waals surface area contributed by atoms with E-state index in [4.69, 9.17) is 37.0 Å². The number of phosphoric acid groups is 2. The highest BCUT2D eigenvalue weighted by Crippen LogP contribution is 2.45. The van der Waals surface area contributed by atoms with E-state index < -0.39 is 97.5 Å². The molecule has 19 heteroatoms. The molecule has 0 fully saturated rings. The molecule has 0 aliphatic carbocycles. The van der Waals surface area contributed by atoms with Gasteiger partial charge in [0.25, 0.3) is 0 Å². The lowest BCUT2D eigenvalue weighted by Gasteiger charge is -2.21. The van der Waals surface area contributed by atoms with Gasteiger partial charge in [0.2, 0.25) is 0 Å². The van der Waals surface area contributed by atoms with Crippen molar-refractivity contribution in [2.75, 3.05) is 39.6 Å². The Hall–Kier alpha value is -1.94. The predicted octanol–water partition coefficient (Wildman–Crippen LogP) is 23.4. The second kappa shape index (κ2) is 72.4. The molecule has 576 valence electrons. The highest BCUT2D eigenvalue weighted by molar-refractivity contribution is 7.47. The van der Waals surface area contributed by atoms with Crippen molar-refractivity contribution in [1.82, 2.24) is 0 Å². The first-order valence-corrected chi connectivity index (χ1v) is 43.8. The van der Waals surface area contributed by atoms with E-state index >= 15 is 0 Å². The third-order valence-corrected chi connectivity index (χ3v) is 20.3. The van der Waals surface area contributed by atoms with E-state index in [2.05, 4.69) is 27.7 Å². The van der Waals surface area contributed by atoms with Crippen LogP contribution in [0.3, 0.4) is 0 Å². The third-order valence-electron chi connectivity index (χ3n) is 18.4. The van der Waals surface area contributed by atoms with E-state index in [1.807, 2.05) is 0 Å². The van der Waals surface area contributed by atoms with Crippen LogP contribution >= 0.6 is 15.6 Å². The van der Waals surface area contributed by atoms with Crippen LogP contribution in [0.5, 0.6) is 0 Å². The summed E-state index contributed by atoms with van der Waals surface area (Å²) in [6, 6.07) is 0. The minimum atomic E-state index is -4.96. The third kappa shape index (κ3) is 72.2. The number of ether oxygens (including phenoxy) is 4. The maximum Gasteiger partial charge on any atom is 0.472 e. The van der Waals surface area contributed by atoms with E-state index in [1.165, 1.54) is 250 Å². The van der Waals surface area contributed by atoms with Crippen LogP contribution in [0.1, 0.15) is 419 Å². The van der Waals surface area contributed by atoms with Crippen LogP contribution in [0.15, 0.2) is 0 Å². The number of carbonyl (C=O) groups is 4. The number of esters is 4. The van der Waals surface area contributed by atoms with Gasteiger partial charge in [-0.2, -0.15) is 0 Å². The summed E-state index contributed by atoms with van der Waals surface area (Å²) in [7, 11) is -9.91. The number of hydrogen-bond donors (Lipinski definition) is 3. The fourth-order valence-electron chi connectivity index (χ4n) is 12.1. The maximum atomic E-state index is 13.1. The monoisotopic (exact) mass is 1420 g/mol. The minimum absolute atomic E-state index is 0.109. The summed E-state index contributed by atoms with van der Waals surface area (Å²) < 4.78 is 68.7. The molecule has 0 aromatic heterocycles. The molecule has 0 radical (unpaired) electrons. The molecule has 5 atom stereocenters. The van der Waals surface area contributed by atoms with Gasteiger partial charge in [-0.1, -0.05) is 368 Å². The lowest BCUT2D eigenvalue weighted by molar-refractivity contribution is -0.161. The normalized spacial score (nSPS) is 13.8. The highest BCUT2D eigenvalue weighted by Gasteiger charge is 2.30. The fraction of sp³-hybridized carbons (Fsp3) is 0.949. The summed E-state index contributed by atoms with van der Waals surface area (Å²) in [5.41, 5.74) is 0. The van der Waals surface area contributed by atoms with E-state index in [0.29, 0.717) is 25.7 Å². The second-order valence-corrected chi connectivity index (χ2v) is 31.0. The Balaban J connectivity index is 5.26. The lowest BCUT2D eigenvalue weighted by Crippen LogP contribution is -2.30. The number of unbranched alkanes of at least 4 members (excludes halogenated alkanes) is 53. The number of phosphoric ester groups is 2. The van der Waals surface area contributed by atoms with Gasteiger partial charge in [0.1, 0.15) is 19.3 Å². The minimum Gasteiger partial charge on any atom is -0.462 e. The molecule has 0 rings (SSSR count). The first-order valence-electron chi connectivity index (χ1n) is 40.8. The van der Waals surface area contributed by atoms with Crippen molar-refractivity contribution in [2.45, 2.75) is 438 Å². The Kier molecular flexibility index (Phi) is 71.0. The molecular formula is C78H152O17P2. The van der Waals surface area contributed by atoms with Crippen molar-refractivity contribution in [2.24, 2.45) is 0 Å². The van der Waals surface area contributed by atoms with Gasteiger partial charge >= 0.3 is 39.5 Å². The molecule has 0 heterocycles. The van der Waals surface area contributed by atoms with Gasteiger partial charge in [0.05, 0.1) is 26.4 Å². The maximum absolute atomic E-state index is 13.1. The van der Waals surface area contributed by atoms with Crippen molar-refractivity contribution >= 4 is 39.5 Å². The molecule has 2 unspecified atom stereocenters. The topological polar surface area (TPSA) is 237 Å². The quantitative estimate of drug-likeness (QED) is 0.0222. The number of aliphatic hydroxyl groups excluding tert-OH is 1. The molecule has 3 N–H and O–H groups in total. The Morgan fingerprint density at radius 2 is 0.412 bits per heavy atom. The Morgan fingerprint density at radius 3 is 0.608 bits per heavy atom. The van der Waals surface area contributed by atoms with Crippen molar-refractivity contribution in [3.8, 4) is 0 Å². The Labute approximate surface area is 594 Å². The number of aliphatic hydroxyl groups is 1. The summed E-state index contributed by atoms with van der Waals surface area (Å²) in [5, 5.41) is 10.6. The molecule has 0 aliphatic rings. The van der Waals surface area contributed by atoms with Gasteiger partial charge in [-0.05, 0) is 25.7 Å². The van der Waals surface area contributed by atoms with Crippen LogP contribution < -0.4 is 0 Å². The predicted molar refractivity (Wildman–Crippen MR) is 395 cm³/mol. The molecule has 0 amide bonds. The zero-order valence-corrected chi connectivity index (χ0v) is 64.8. The standard InChI is InChI=1S/C78H152O17P2/c1-5-9-13-17-21-25-29-33-36-37-41-45-49-53-57-61-65-78(83)95-74(69-89-76(81)63-59-55-51-47-43-39-34-30-26-22-18-14-10-6-2)71-93-97(86,87)91-67-72(79)66-90-96(84,85)92-70-73(68-88-75(80)62-58-54-50-46-42-38-32-28-24-20-16-12-8-4)94-77(82)64-60-56-52-48-44-40-35-31-27-23-19-15-11-7-3/h72-74,79H,5-71H2,1-4H3,(H,84,85)(H,86,87)/t72-,73+,74+/m0/s1. The largest absolute Gasteiger partial charge is 0.472 e. The van der Waals surface area contributed by atoms with Crippen LogP contribution in [0.25, 0.3) is 0 Å². The number of hydrogen-bond acceptors (Lipinski definition) is 15. The van der Waals surface area contributed by atoms with Gasteiger partial charge in [-0.3, -0.25) is 37.3 Å². The summed E-state index contributed by atoms with van der Waals surface area (Å²) in [6.07, 6.45) is 63.5. The summed E-state index contributed by atoms with van der Waals surface area (Å²) in [6.45, 7) is 5.02. The van der Waals surface area contributed by atoms with Gasteiger partial charge in [0, 0.05) is 25.7 Å². The zero-order valence-electron chi connectivity index (χ0n) is 63.1. The smallest absolute Gasteiger partial charge is 0.462 e. The van der Waals surface area contributed by atoms with Crippen LogP contribution in [0.2, 0.25) is 0 Å². The molecular weight excluding hydrogens is 1270 g/mol. The number of rotatable bonds is 79. The number of carbonyl (C=O) groups excluding carboxylic acids is 4. The Morgan fingerprint density at radius 1 is 0.247 bits per heavy atom. The molecule has 0 saturated heterocycles. The molecule has 0 bridgehead atoms. The first-order chi connectivity index (χ1) is 47.2. The molecule has 0 spiro atoms. The summed E-state index contributed by atoms with van der Waals surface area (Å²) in [4.78, 5) is 73.0. The highest BCUT2D eigenvalue weighted by atomic mass is 31.2. The summed E-state index contributed by atoms with van der Waals surface area (Å²) >= 11 is 0. The van der Waals surface area contributed by atoms with Crippen LogP contribution in [-0.2, 0) is 65.4 Å². The summed E-state index contributed by atoms with van der Waals surface area (Å²) in [5.74, 6) is -2.10. The Bertz CT molecular complexity index is 1840. The lowest BCUT2D eigenvalue weighted by atomic mass is 10.0. The molecule has 0 aromatic carbocycles. The van der Waals surface area contributed by atoms with Crippen molar-refractivity contribution in [3.63, 3.8) is 0 Å². The molecule has 0 saturated carbocycles. The van der Waals surface area contributed by atoms with Crippen molar-refractivity contribution in [1.29, 1.82) is 0 Å². The zero-order chi connectivity index (χ0) is 71.1. The van der Waals surface area contributed by atoms with Crippen LogP contribution in [-0.4, -0.2) is 96.7 Å². The van der Waals surface area contributed by atoms with E-state index in [-0.39, 0.29) is 25.7 Å². The van der Waals surface area contributed by atoms with Crippen LogP contribution in [0, 0.1) is 0 Å². The average Bonchev–Trinajstić information content (AvgIpc) is 1.90. The average molecular weight is 1420 g/mol. The van der Waals surface area contributed by atoms with Gasteiger partial charge in [-0.25, -0.2) is 9.13 Å². The van der Waals surface area contributed by atoms with Crippen molar-refractivity contribution in [3.05, 3.63) is 0 Å². The van der Waals surface area contributed by atoms with E-state index in [9.17, 15) is 43.2 Å². The van der Waals surface area contributed by atoms with Crippen LogP contribution in [0.4, 0.5) is 0 Å². The molecule has 0 aliphatic heterocycles. The second-order valence-electron chi connectivity index (χ2n) is 28.1. The molecule has 0 aromatic rings.